The first-order valence-electron chi connectivity index (χ1n) is 9.66. The van der Waals surface area contributed by atoms with Crippen LogP contribution in [0.15, 0.2) is 21.1 Å². The third kappa shape index (κ3) is 3.70. The van der Waals surface area contributed by atoms with E-state index in [0.717, 1.165) is 36.4 Å². The standard InChI is InChI=1S/C18H26N4O4S2/c1-13-5-8-16(27-13)28(24,25)20-9-3-4-14(12-20)17-19-21(10-11-26-2)18(23)22(17)15-6-7-15/h5,8,14-15H,3-4,6-7,9-12H2,1-2H3. The predicted octanol–water partition coefficient (Wildman–Crippen LogP) is 1.96. The Hall–Kier alpha value is -1.49. The molecule has 0 bridgehead atoms. The van der Waals surface area contributed by atoms with Gasteiger partial charge in [0.05, 0.1) is 13.2 Å². The first kappa shape index (κ1) is 19.8. The number of hydrogen-bond acceptors (Lipinski definition) is 6. The number of methoxy groups -OCH3 is 1. The van der Waals surface area contributed by atoms with E-state index in [9.17, 15) is 13.2 Å². The van der Waals surface area contributed by atoms with Crippen LogP contribution in [0.4, 0.5) is 0 Å². The third-order valence-electron chi connectivity index (χ3n) is 5.38. The molecular weight excluding hydrogens is 400 g/mol. The van der Waals surface area contributed by atoms with Gasteiger partial charge in [-0.15, -0.1) is 11.3 Å². The molecule has 1 aliphatic heterocycles. The molecule has 4 rings (SSSR count). The van der Waals surface area contributed by atoms with Crippen LogP contribution in [0.2, 0.25) is 0 Å². The van der Waals surface area contributed by atoms with Gasteiger partial charge in [-0.1, -0.05) is 0 Å². The van der Waals surface area contributed by atoms with Crippen molar-refractivity contribution in [3.8, 4) is 0 Å². The van der Waals surface area contributed by atoms with E-state index in [0.29, 0.717) is 30.5 Å². The third-order valence-corrected chi connectivity index (χ3v) is 8.71. The minimum absolute atomic E-state index is 0.0679. The Kier molecular flexibility index (Phi) is 5.47. The van der Waals surface area contributed by atoms with Gasteiger partial charge in [0.1, 0.15) is 10.0 Å². The molecule has 0 radical (unpaired) electrons. The molecular formula is C18H26N4O4S2. The van der Waals surface area contributed by atoms with Crippen LogP contribution in [-0.4, -0.2) is 53.9 Å². The van der Waals surface area contributed by atoms with Crippen molar-refractivity contribution in [1.82, 2.24) is 18.7 Å². The van der Waals surface area contributed by atoms with Gasteiger partial charge in [0.15, 0.2) is 0 Å². The molecule has 1 saturated carbocycles. The highest BCUT2D eigenvalue weighted by Crippen LogP contribution is 2.38. The molecule has 2 fully saturated rings. The van der Waals surface area contributed by atoms with Crippen LogP contribution < -0.4 is 5.69 Å². The zero-order valence-corrected chi connectivity index (χ0v) is 17.8. The second-order valence-electron chi connectivity index (χ2n) is 7.53. The molecule has 1 aliphatic carbocycles. The van der Waals surface area contributed by atoms with Gasteiger partial charge >= 0.3 is 5.69 Å². The normalized spacial score (nSPS) is 21.3. The fourth-order valence-electron chi connectivity index (χ4n) is 3.76. The minimum Gasteiger partial charge on any atom is -0.383 e. The number of sulfonamides is 1. The van der Waals surface area contributed by atoms with Crippen molar-refractivity contribution in [3.05, 3.63) is 33.3 Å². The average molecular weight is 427 g/mol. The maximum atomic E-state index is 13.0. The van der Waals surface area contributed by atoms with Crippen LogP contribution in [-0.2, 0) is 21.3 Å². The summed E-state index contributed by atoms with van der Waals surface area (Å²) in [7, 11) is -1.91. The minimum atomic E-state index is -3.51. The van der Waals surface area contributed by atoms with Gasteiger partial charge in [0.25, 0.3) is 10.0 Å². The van der Waals surface area contributed by atoms with Gasteiger partial charge in [0, 0.05) is 37.0 Å². The number of ether oxygens (including phenoxy) is 1. The first-order chi connectivity index (χ1) is 13.4. The van der Waals surface area contributed by atoms with Gasteiger partial charge in [-0.25, -0.2) is 17.9 Å². The van der Waals surface area contributed by atoms with Crippen LogP contribution in [0.1, 0.15) is 48.3 Å². The van der Waals surface area contributed by atoms with Crippen LogP contribution in [0.5, 0.6) is 0 Å². The molecule has 1 saturated heterocycles. The van der Waals surface area contributed by atoms with Gasteiger partial charge in [0.2, 0.25) is 0 Å². The smallest absolute Gasteiger partial charge is 0.346 e. The molecule has 0 spiro atoms. The molecule has 1 unspecified atom stereocenters. The molecule has 28 heavy (non-hydrogen) atoms. The molecule has 10 heteroatoms. The van der Waals surface area contributed by atoms with Crippen LogP contribution >= 0.6 is 11.3 Å². The van der Waals surface area contributed by atoms with E-state index < -0.39 is 10.0 Å². The van der Waals surface area contributed by atoms with Crippen molar-refractivity contribution >= 4 is 21.4 Å². The van der Waals surface area contributed by atoms with Crippen molar-refractivity contribution < 1.29 is 13.2 Å². The van der Waals surface area contributed by atoms with Crippen molar-refractivity contribution in [2.24, 2.45) is 0 Å². The van der Waals surface area contributed by atoms with Gasteiger partial charge in [-0.05, 0) is 44.7 Å². The Bertz CT molecular complexity index is 1000. The summed E-state index contributed by atoms with van der Waals surface area (Å²) >= 11 is 1.30. The van der Waals surface area contributed by atoms with E-state index >= 15 is 0 Å². The number of aromatic nitrogens is 3. The summed E-state index contributed by atoms with van der Waals surface area (Å²) < 4.78 is 36.4. The number of thiophene rings is 1. The highest BCUT2D eigenvalue weighted by atomic mass is 32.2. The second-order valence-corrected chi connectivity index (χ2v) is 11.0. The zero-order chi connectivity index (χ0) is 19.9. The Morgan fingerprint density at radius 2 is 2.07 bits per heavy atom. The van der Waals surface area contributed by atoms with Gasteiger partial charge < -0.3 is 4.74 Å². The molecule has 154 valence electrons. The summed E-state index contributed by atoms with van der Waals surface area (Å²) in [5.74, 6) is 0.660. The topological polar surface area (TPSA) is 86.4 Å². The molecule has 0 amide bonds. The lowest BCUT2D eigenvalue weighted by Gasteiger charge is -2.31. The van der Waals surface area contributed by atoms with Crippen molar-refractivity contribution in [2.45, 2.75) is 55.3 Å². The fraction of sp³-hybridized carbons (Fsp3) is 0.667. The number of piperidine rings is 1. The quantitative estimate of drug-likeness (QED) is 0.676. The Morgan fingerprint density at radius 3 is 2.71 bits per heavy atom. The number of hydrogen-bond donors (Lipinski definition) is 0. The highest BCUT2D eigenvalue weighted by Gasteiger charge is 2.37. The van der Waals surface area contributed by atoms with Crippen LogP contribution in [0.25, 0.3) is 0 Å². The van der Waals surface area contributed by atoms with Crippen LogP contribution in [0, 0.1) is 6.92 Å². The first-order valence-corrected chi connectivity index (χ1v) is 11.9. The lowest BCUT2D eigenvalue weighted by molar-refractivity contribution is 0.182. The van der Waals surface area contributed by atoms with E-state index in [1.165, 1.54) is 16.0 Å². The summed E-state index contributed by atoms with van der Waals surface area (Å²) in [5.41, 5.74) is -0.108. The van der Waals surface area contributed by atoms with Gasteiger partial charge in [-0.3, -0.25) is 4.57 Å². The highest BCUT2D eigenvalue weighted by molar-refractivity contribution is 7.91. The van der Waals surface area contributed by atoms with E-state index in [1.807, 2.05) is 13.0 Å². The maximum absolute atomic E-state index is 13.0. The predicted molar refractivity (Wildman–Crippen MR) is 106 cm³/mol. The van der Waals surface area contributed by atoms with E-state index in [4.69, 9.17) is 4.74 Å². The number of aryl methyl sites for hydroxylation is 1. The Labute approximate surface area is 168 Å². The van der Waals surface area contributed by atoms with E-state index in [1.54, 1.807) is 22.0 Å². The molecule has 2 aromatic heterocycles. The lowest BCUT2D eigenvalue weighted by Crippen LogP contribution is -2.39. The maximum Gasteiger partial charge on any atom is 0.346 e. The summed E-state index contributed by atoms with van der Waals surface area (Å²) in [4.78, 5) is 13.8. The second kappa shape index (κ2) is 7.74. The van der Waals surface area contributed by atoms with Crippen LogP contribution in [0.3, 0.4) is 0 Å². The summed E-state index contributed by atoms with van der Waals surface area (Å²) in [6.45, 7) is 3.61. The van der Waals surface area contributed by atoms with Crippen molar-refractivity contribution in [3.63, 3.8) is 0 Å². The molecule has 3 heterocycles. The fourth-order valence-corrected chi connectivity index (χ4v) is 6.73. The molecule has 0 N–H and O–H groups in total. The number of nitrogens with zero attached hydrogens (tertiary/aromatic N) is 4. The van der Waals surface area contributed by atoms with Gasteiger partial charge in [-0.2, -0.15) is 9.40 Å². The zero-order valence-electron chi connectivity index (χ0n) is 16.2. The summed E-state index contributed by atoms with van der Waals surface area (Å²) in [5, 5.41) is 4.59. The number of rotatable bonds is 7. The average Bonchev–Trinajstić information content (AvgIpc) is 3.33. The largest absolute Gasteiger partial charge is 0.383 e. The molecule has 8 nitrogen and oxygen atoms in total. The molecule has 1 atom stereocenters. The SMILES string of the molecule is COCCn1nc(C2CCCN(S(=O)(=O)c3ccc(C)s3)C2)n(C2CC2)c1=O. The summed E-state index contributed by atoms with van der Waals surface area (Å²) in [6.07, 6.45) is 3.55. The lowest BCUT2D eigenvalue weighted by atomic mass is 9.99. The molecule has 0 aromatic carbocycles. The monoisotopic (exact) mass is 426 g/mol. The summed E-state index contributed by atoms with van der Waals surface area (Å²) in [6, 6.07) is 3.71. The Balaban J connectivity index is 1.62. The molecule has 2 aliphatic rings. The Morgan fingerprint density at radius 1 is 1.29 bits per heavy atom. The van der Waals surface area contributed by atoms with E-state index in [-0.39, 0.29) is 17.6 Å². The molecule has 2 aromatic rings. The van der Waals surface area contributed by atoms with Crippen molar-refractivity contribution in [1.29, 1.82) is 0 Å². The van der Waals surface area contributed by atoms with Crippen molar-refractivity contribution in [2.75, 3.05) is 26.8 Å². The van der Waals surface area contributed by atoms with E-state index in [2.05, 4.69) is 5.10 Å².